The molecule has 0 radical (unpaired) electrons. The lowest BCUT2D eigenvalue weighted by Gasteiger charge is -2.30. The fourth-order valence-corrected chi connectivity index (χ4v) is 6.03. The van der Waals surface area contributed by atoms with E-state index in [0.717, 1.165) is 22.2 Å². The van der Waals surface area contributed by atoms with Crippen LogP contribution in [0.4, 0.5) is 0 Å². The number of ether oxygens (including phenoxy) is 1. The summed E-state index contributed by atoms with van der Waals surface area (Å²) in [5, 5.41) is 0. The first-order chi connectivity index (χ1) is 11.1. The van der Waals surface area contributed by atoms with E-state index in [9.17, 15) is 8.42 Å². The number of aromatic nitrogens is 1. The van der Waals surface area contributed by atoms with E-state index < -0.39 is 10.0 Å². The zero-order valence-corrected chi connectivity index (χ0v) is 15.5. The molecule has 0 aromatic carbocycles. The Morgan fingerprint density at radius 1 is 1.30 bits per heavy atom. The largest absolute Gasteiger partial charge is 0.381 e. The zero-order chi connectivity index (χ0) is 16.3. The molecule has 1 aliphatic rings. The summed E-state index contributed by atoms with van der Waals surface area (Å²) in [6.45, 7) is 1.32. The van der Waals surface area contributed by atoms with Gasteiger partial charge >= 0.3 is 0 Å². The molecule has 0 spiro atoms. The van der Waals surface area contributed by atoms with E-state index in [0.29, 0.717) is 17.4 Å². The number of nitrogens with zero attached hydrogens (tertiary/aromatic N) is 1. The molecule has 8 heteroatoms. The van der Waals surface area contributed by atoms with Gasteiger partial charge in [-0.25, -0.2) is 13.1 Å². The normalized spacial score (nSPS) is 18.0. The highest BCUT2D eigenvalue weighted by Crippen LogP contribution is 2.33. The predicted molar refractivity (Wildman–Crippen MR) is 92.9 cm³/mol. The number of thiophene rings is 1. The number of hydrogen-bond acceptors (Lipinski definition) is 5. The molecule has 5 nitrogen and oxygen atoms in total. The highest BCUT2D eigenvalue weighted by atomic mass is 79.9. The van der Waals surface area contributed by atoms with Crippen LogP contribution in [-0.4, -0.2) is 26.6 Å². The predicted octanol–water partition coefficient (Wildman–Crippen LogP) is 3.35. The van der Waals surface area contributed by atoms with E-state index >= 15 is 0 Å². The van der Waals surface area contributed by atoms with Crippen molar-refractivity contribution in [3.63, 3.8) is 0 Å². The van der Waals surface area contributed by atoms with E-state index in [1.54, 1.807) is 24.5 Å². The van der Waals surface area contributed by atoms with Crippen molar-refractivity contribution in [2.75, 3.05) is 13.2 Å². The Bertz CT molecular complexity index is 743. The van der Waals surface area contributed by atoms with Gasteiger partial charge in [0, 0.05) is 25.6 Å². The minimum atomic E-state index is -3.57. The second-order valence-corrected chi connectivity index (χ2v) is 9.80. The maximum absolute atomic E-state index is 12.7. The second-order valence-electron chi connectivity index (χ2n) is 5.39. The van der Waals surface area contributed by atoms with Gasteiger partial charge in [-0.1, -0.05) is 6.07 Å². The number of sulfonamides is 1. The SMILES string of the molecule is O=S(=O)(NC(c1cccnc1)C1CCOCC1)c1ccc(Br)s1. The third kappa shape index (κ3) is 4.19. The Balaban J connectivity index is 1.89. The third-order valence-corrected chi connectivity index (χ3v) is 7.43. The van der Waals surface area contributed by atoms with Crippen LogP contribution in [0.5, 0.6) is 0 Å². The zero-order valence-electron chi connectivity index (χ0n) is 12.3. The van der Waals surface area contributed by atoms with E-state index in [4.69, 9.17) is 4.74 Å². The minimum absolute atomic E-state index is 0.200. The highest BCUT2D eigenvalue weighted by molar-refractivity contribution is 9.11. The maximum Gasteiger partial charge on any atom is 0.250 e. The molecule has 0 amide bonds. The molecule has 1 N–H and O–H groups in total. The van der Waals surface area contributed by atoms with Gasteiger partial charge in [0.05, 0.1) is 9.83 Å². The Morgan fingerprint density at radius 3 is 2.70 bits per heavy atom. The Kier molecular flexibility index (Phi) is 5.48. The summed E-state index contributed by atoms with van der Waals surface area (Å²) < 4.78 is 34.8. The average molecular weight is 417 g/mol. The first kappa shape index (κ1) is 17.0. The molecule has 1 fully saturated rings. The molecule has 0 aliphatic carbocycles. The molecule has 0 saturated carbocycles. The molecular formula is C15H17BrN2O3S2. The van der Waals surface area contributed by atoms with Crippen LogP contribution >= 0.6 is 27.3 Å². The van der Waals surface area contributed by atoms with Crippen molar-refractivity contribution in [3.8, 4) is 0 Å². The van der Waals surface area contributed by atoms with E-state index in [2.05, 4.69) is 25.6 Å². The van der Waals surface area contributed by atoms with Crippen LogP contribution in [0.25, 0.3) is 0 Å². The van der Waals surface area contributed by atoms with Crippen LogP contribution in [0.15, 0.2) is 44.7 Å². The van der Waals surface area contributed by atoms with Crippen LogP contribution in [0, 0.1) is 5.92 Å². The Labute approximate surface area is 148 Å². The third-order valence-electron chi connectivity index (χ3n) is 3.88. The van der Waals surface area contributed by atoms with Gasteiger partial charge in [-0.2, -0.15) is 0 Å². The maximum atomic E-state index is 12.7. The highest BCUT2D eigenvalue weighted by Gasteiger charge is 2.30. The lowest BCUT2D eigenvalue weighted by Crippen LogP contribution is -2.35. The van der Waals surface area contributed by atoms with Gasteiger partial charge in [0.15, 0.2) is 0 Å². The van der Waals surface area contributed by atoms with Gasteiger partial charge in [0.25, 0.3) is 10.0 Å². The molecule has 3 rings (SSSR count). The molecule has 124 valence electrons. The van der Waals surface area contributed by atoms with Crippen molar-refractivity contribution in [2.45, 2.75) is 23.1 Å². The Morgan fingerprint density at radius 2 is 2.09 bits per heavy atom. The molecular weight excluding hydrogens is 400 g/mol. The van der Waals surface area contributed by atoms with Crippen LogP contribution in [0.2, 0.25) is 0 Å². The standard InChI is InChI=1S/C15H17BrN2O3S2/c16-13-3-4-14(22-13)23(19,20)18-15(11-5-8-21-9-6-11)12-2-1-7-17-10-12/h1-4,7,10-11,15,18H,5-6,8-9H2. The van der Waals surface area contributed by atoms with Gasteiger partial charge < -0.3 is 4.74 Å². The number of hydrogen-bond donors (Lipinski definition) is 1. The Hall–Kier alpha value is -0.800. The van der Waals surface area contributed by atoms with Crippen LogP contribution in [0.3, 0.4) is 0 Å². The van der Waals surface area contributed by atoms with Crippen molar-refractivity contribution in [3.05, 3.63) is 46.0 Å². The molecule has 1 unspecified atom stereocenters. The molecule has 1 aliphatic heterocycles. The summed E-state index contributed by atoms with van der Waals surface area (Å²) in [5.74, 6) is 0.200. The summed E-state index contributed by atoms with van der Waals surface area (Å²) in [7, 11) is -3.57. The van der Waals surface area contributed by atoms with E-state index in [-0.39, 0.29) is 12.0 Å². The fourth-order valence-electron chi connectivity index (χ4n) is 2.71. The van der Waals surface area contributed by atoms with Crippen LogP contribution in [0.1, 0.15) is 24.4 Å². The summed E-state index contributed by atoms with van der Waals surface area (Å²) in [4.78, 5) is 4.14. The van der Waals surface area contributed by atoms with Crippen molar-refractivity contribution in [1.29, 1.82) is 0 Å². The molecule has 1 saturated heterocycles. The molecule has 23 heavy (non-hydrogen) atoms. The van der Waals surface area contributed by atoms with Crippen molar-refractivity contribution in [2.24, 2.45) is 5.92 Å². The van der Waals surface area contributed by atoms with Crippen LogP contribution < -0.4 is 4.72 Å². The van der Waals surface area contributed by atoms with Crippen molar-refractivity contribution < 1.29 is 13.2 Å². The summed E-state index contributed by atoms with van der Waals surface area (Å²) in [5.41, 5.74) is 0.888. The number of rotatable bonds is 5. The van der Waals surface area contributed by atoms with Gasteiger partial charge in [0.1, 0.15) is 4.21 Å². The molecule has 2 aromatic rings. The van der Waals surface area contributed by atoms with Crippen LogP contribution in [-0.2, 0) is 14.8 Å². The average Bonchev–Trinajstić information content (AvgIpc) is 3.02. The number of halogens is 1. The fraction of sp³-hybridized carbons (Fsp3) is 0.400. The summed E-state index contributed by atoms with van der Waals surface area (Å²) in [6, 6.07) is 6.81. The van der Waals surface area contributed by atoms with E-state index in [1.165, 1.54) is 11.3 Å². The van der Waals surface area contributed by atoms with E-state index in [1.807, 2.05) is 12.1 Å². The topological polar surface area (TPSA) is 68.3 Å². The summed E-state index contributed by atoms with van der Waals surface area (Å²) >= 11 is 4.52. The number of nitrogens with one attached hydrogen (secondary N) is 1. The first-order valence-corrected chi connectivity index (χ1v) is 10.4. The minimum Gasteiger partial charge on any atom is -0.381 e. The van der Waals surface area contributed by atoms with Crippen molar-refractivity contribution in [1.82, 2.24) is 9.71 Å². The molecule has 1 atom stereocenters. The first-order valence-electron chi connectivity index (χ1n) is 7.31. The molecule has 3 heterocycles. The van der Waals surface area contributed by atoms with Gasteiger partial charge in [-0.3, -0.25) is 4.98 Å². The monoisotopic (exact) mass is 416 g/mol. The summed E-state index contributed by atoms with van der Waals surface area (Å²) in [6.07, 6.45) is 5.08. The smallest absolute Gasteiger partial charge is 0.250 e. The molecule has 2 aromatic heterocycles. The van der Waals surface area contributed by atoms with Gasteiger partial charge in [-0.15, -0.1) is 11.3 Å². The van der Waals surface area contributed by atoms with Gasteiger partial charge in [-0.05, 0) is 58.5 Å². The lowest BCUT2D eigenvalue weighted by molar-refractivity contribution is 0.0564. The number of pyridine rings is 1. The van der Waals surface area contributed by atoms with Crippen molar-refractivity contribution >= 4 is 37.3 Å². The van der Waals surface area contributed by atoms with Gasteiger partial charge in [0.2, 0.25) is 0 Å². The quantitative estimate of drug-likeness (QED) is 0.810. The lowest BCUT2D eigenvalue weighted by atomic mass is 9.88. The second kappa shape index (κ2) is 7.40. The molecule has 0 bridgehead atoms.